The number of carbonyl (C=O) groups excluding carboxylic acids is 1. The van der Waals surface area contributed by atoms with E-state index >= 15 is 0 Å². The number of hydrogen-bond acceptors (Lipinski definition) is 3. The number of nitrogens with one attached hydrogen (secondary N) is 2. The summed E-state index contributed by atoms with van der Waals surface area (Å²) in [5.41, 5.74) is 1.03. The highest BCUT2D eigenvalue weighted by atomic mass is 16.5. The number of pyridine rings is 1. The average molecular weight is 311 g/mol. The van der Waals surface area contributed by atoms with E-state index < -0.39 is 0 Å². The summed E-state index contributed by atoms with van der Waals surface area (Å²) in [5.74, 6) is 0.850. The maximum atomic E-state index is 12.1. The summed E-state index contributed by atoms with van der Waals surface area (Å²) in [6.07, 6.45) is 6.44. The van der Waals surface area contributed by atoms with Gasteiger partial charge < -0.3 is 15.4 Å². The number of carbonyl (C=O) groups is 1. The Morgan fingerprint density at radius 2 is 1.91 bits per heavy atom. The van der Waals surface area contributed by atoms with Gasteiger partial charge in [-0.2, -0.15) is 0 Å². The van der Waals surface area contributed by atoms with Crippen LogP contribution in [0.25, 0.3) is 0 Å². The highest BCUT2D eigenvalue weighted by molar-refractivity contribution is 5.74. The lowest BCUT2D eigenvalue weighted by molar-refractivity contribution is 0.172. The molecular weight excluding hydrogens is 290 g/mol. The second-order valence-electron chi connectivity index (χ2n) is 5.69. The van der Waals surface area contributed by atoms with Gasteiger partial charge in [-0.1, -0.05) is 18.2 Å². The van der Waals surface area contributed by atoms with E-state index in [1.807, 2.05) is 42.5 Å². The number of benzene rings is 1. The minimum absolute atomic E-state index is 0.0316. The number of nitrogens with zero attached hydrogens (tertiary/aromatic N) is 1. The van der Waals surface area contributed by atoms with E-state index in [1.165, 1.54) is 0 Å². The van der Waals surface area contributed by atoms with Crippen molar-refractivity contribution in [3.8, 4) is 5.75 Å². The summed E-state index contributed by atoms with van der Waals surface area (Å²) in [4.78, 5) is 16.0. The normalized spacial score (nSPS) is 20.0. The molecule has 120 valence electrons. The molecule has 1 saturated carbocycles. The molecule has 1 aromatic carbocycles. The van der Waals surface area contributed by atoms with Gasteiger partial charge in [-0.3, -0.25) is 4.98 Å². The van der Waals surface area contributed by atoms with Crippen molar-refractivity contribution >= 4 is 6.03 Å². The molecule has 2 amide bonds. The van der Waals surface area contributed by atoms with Gasteiger partial charge in [0.1, 0.15) is 11.9 Å². The monoisotopic (exact) mass is 311 g/mol. The van der Waals surface area contributed by atoms with E-state index in [9.17, 15) is 4.79 Å². The zero-order valence-corrected chi connectivity index (χ0v) is 12.9. The quantitative estimate of drug-likeness (QED) is 0.892. The zero-order valence-electron chi connectivity index (χ0n) is 12.9. The number of aromatic nitrogens is 1. The van der Waals surface area contributed by atoms with Crippen LogP contribution in [-0.4, -0.2) is 23.2 Å². The predicted octanol–water partition coefficient (Wildman–Crippen LogP) is 2.88. The Morgan fingerprint density at radius 1 is 1.13 bits per heavy atom. The third-order valence-electron chi connectivity index (χ3n) is 4.00. The smallest absolute Gasteiger partial charge is 0.315 e. The van der Waals surface area contributed by atoms with Gasteiger partial charge in [0.2, 0.25) is 0 Å². The molecule has 2 N–H and O–H groups in total. The van der Waals surface area contributed by atoms with Gasteiger partial charge in [-0.15, -0.1) is 0 Å². The topological polar surface area (TPSA) is 63.2 Å². The Morgan fingerprint density at radius 3 is 2.70 bits per heavy atom. The van der Waals surface area contributed by atoms with E-state index in [0.29, 0.717) is 6.54 Å². The highest BCUT2D eigenvalue weighted by Gasteiger charge is 2.30. The van der Waals surface area contributed by atoms with Gasteiger partial charge in [-0.25, -0.2) is 4.79 Å². The van der Waals surface area contributed by atoms with E-state index in [1.54, 1.807) is 12.4 Å². The van der Waals surface area contributed by atoms with Crippen molar-refractivity contribution in [2.45, 2.75) is 38.0 Å². The van der Waals surface area contributed by atoms with Crippen LogP contribution in [0.5, 0.6) is 5.75 Å². The molecule has 1 aromatic heterocycles. The van der Waals surface area contributed by atoms with Crippen LogP contribution in [-0.2, 0) is 6.54 Å². The molecule has 0 bridgehead atoms. The Hall–Kier alpha value is -2.56. The molecule has 1 aliphatic rings. The predicted molar refractivity (Wildman–Crippen MR) is 88.1 cm³/mol. The minimum Gasteiger partial charge on any atom is -0.488 e. The van der Waals surface area contributed by atoms with Gasteiger partial charge in [-0.05, 0) is 49.1 Å². The van der Waals surface area contributed by atoms with Crippen LogP contribution in [0.2, 0.25) is 0 Å². The number of urea groups is 1. The van der Waals surface area contributed by atoms with Crippen molar-refractivity contribution < 1.29 is 9.53 Å². The molecule has 23 heavy (non-hydrogen) atoms. The molecule has 0 aliphatic heterocycles. The van der Waals surface area contributed by atoms with Crippen LogP contribution in [0.4, 0.5) is 4.79 Å². The molecular formula is C18H21N3O2. The van der Waals surface area contributed by atoms with Crippen molar-refractivity contribution in [1.82, 2.24) is 15.6 Å². The molecule has 2 aromatic rings. The molecule has 0 radical (unpaired) electrons. The third kappa shape index (κ3) is 4.45. The fraction of sp³-hybridized carbons (Fsp3) is 0.333. The van der Waals surface area contributed by atoms with Crippen LogP contribution in [0.15, 0.2) is 54.9 Å². The summed E-state index contributed by atoms with van der Waals surface area (Å²) >= 11 is 0. The first-order valence-corrected chi connectivity index (χ1v) is 7.96. The van der Waals surface area contributed by atoms with Crippen molar-refractivity contribution in [2.24, 2.45) is 0 Å². The van der Waals surface area contributed by atoms with Gasteiger partial charge in [0.25, 0.3) is 0 Å². The molecule has 1 aliphatic carbocycles. The van der Waals surface area contributed by atoms with Crippen LogP contribution in [0.3, 0.4) is 0 Å². The van der Waals surface area contributed by atoms with Crippen LogP contribution in [0, 0.1) is 0 Å². The SMILES string of the molecule is O=C(NCc1ccncc1)N[C@@H]1CCC[C@H]1Oc1ccccc1. The van der Waals surface area contributed by atoms with E-state index in [-0.39, 0.29) is 18.2 Å². The van der Waals surface area contributed by atoms with Gasteiger partial charge in [0.15, 0.2) is 0 Å². The van der Waals surface area contributed by atoms with Gasteiger partial charge in [0, 0.05) is 18.9 Å². The van der Waals surface area contributed by atoms with Crippen LogP contribution >= 0.6 is 0 Å². The number of ether oxygens (including phenoxy) is 1. The van der Waals surface area contributed by atoms with Crippen molar-refractivity contribution in [3.63, 3.8) is 0 Å². The summed E-state index contributed by atoms with van der Waals surface area (Å²) in [7, 11) is 0. The van der Waals surface area contributed by atoms with Crippen molar-refractivity contribution in [2.75, 3.05) is 0 Å². The summed E-state index contributed by atoms with van der Waals surface area (Å²) in [5, 5.41) is 5.91. The van der Waals surface area contributed by atoms with Gasteiger partial charge >= 0.3 is 6.03 Å². The Kier molecular flexibility index (Phi) is 5.09. The number of para-hydroxylation sites is 1. The first-order valence-electron chi connectivity index (χ1n) is 7.96. The second kappa shape index (κ2) is 7.63. The third-order valence-corrected chi connectivity index (χ3v) is 4.00. The molecule has 1 heterocycles. The lowest BCUT2D eigenvalue weighted by Crippen LogP contribution is -2.46. The number of rotatable bonds is 5. The first-order chi connectivity index (χ1) is 11.3. The van der Waals surface area contributed by atoms with Gasteiger partial charge in [0.05, 0.1) is 6.04 Å². The molecule has 5 heteroatoms. The summed E-state index contributed by atoms with van der Waals surface area (Å²) < 4.78 is 6.00. The Labute approximate surface area is 136 Å². The van der Waals surface area contributed by atoms with Crippen LogP contribution in [0.1, 0.15) is 24.8 Å². The zero-order chi connectivity index (χ0) is 15.9. The number of amides is 2. The van der Waals surface area contributed by atoms with Crippen molar-refractivity contribution in [3.05, 3.63) is 60.4 Å². The Balaban J connectivity index is 1.49. The number of hydrogen-bond donors (Lipinski definition) is 2. The molecule has 0 spiro atoms. The maximum absolute atomic E-state index is 12.1. The second-order valence-corrected chi connectivity index (χ2v) is 5.69. The molecule has 0 unspecified atom stereocenters. The fourth-order valence-electron chi connectivity index (χ4n) is 2.81. The molecule has 3 rings (SSSR count). The van der Waals surface area contributed by atoms with E-state index in [2.05, 4.69) is 15.6 Å². The summed E-state index contributed by atoms with van der Waals surface area (Å²) in [6.45, 7) is 0.491. The van der Waals surface area contributed by atoms with Crippen LogP contribution < -0.4 is 15.4 Å². The molecule has 5 nitrogen and oxygen atoms in total. The fourth-order valence-corrected chi connectivity index (χ4v) is 2.81. The largest absolute Gasteiger partial charge is 0.488 e. The molecule has 1 fully saturated rings. The summed E-state index contributed by atoms with van der Waals surface area (Å²) in [6, 6.07) is 13.4. The van der Waals surface area contributed by atoms with E-state index in [0.717, 1.165) is 30.6 Å². The molecule has 2 atom stereocenters. The lowest BCUT2D eigenvalue weighted by atomic mass is 10.2. The van der Waals surface area contributed by atoms with Crippen molar-refractivity contribution in [1.29, 1.82) is 0 Å². The average Bonchev–Trinajstić information content (AvgIpc) is 3.02. The minimum atomic E-state index is -0.157. The maximum Gasteiger partial charge on any atom is 0.315 e. The molecule has 0 saturated heterocycles. The lowest BCUT2D eigenvalue weighted by Gasteiger charge is -2.22. The standard InChI is InChI=1S/C18H21N3O2/c22-18(20-13-14-9-11-19-12-10-14)21-16-7-4-8-17(16)23-15-5-2-1-3-6-15/h1-3,5-6,9-12,16-17H,4,7-8,13H2,(H2,20,21,22)/t16-,17-/m1/s1. The highest BCUT2D eigenvalue weighted by Crippen LogP contribution is 2.24. The van der Waals surface area contributed by atoms with E-state index in [4.69, 9.17) is 4.74 Å². The Bertz CT molecular complexity index is 619. The first kappa shape index (κ1) is 15.3.